The molecule has 2 aromatic heterocycles. The molecule has 0 saturated heterocycles. The van der Waals surface area contributed by atoms with E-state index in [2.05, 4.69) is 16.2 Å². The fourth-order valence-corrected chi connectivity index (χ4v) is 3.00. The molecule has 1 N–H and O–H groups in total. The number of benzene rings is 2. The smallest absolute Gasteiger partial charge is 0.215 e. The lowest BCUT2D eigenvalue weighted by molar-refractivity contribution is 0.795. The van der Waals surface area contributed by atoms with Crippen LogP contribution in [-0.2, 0) is 13.5 Å². The molecule has 0 saturated carbocycles. The van der Waals surface area contributed by atoms with E-state index in [1.165, 1.54) is 0 Å². The van der Waals surface area contributed by atoms with Gasteiger partial charge in [-0.3, -0.25) is 9.48 Å². The highest BCUT2D eigenvalue weighted by Crippen LogP contribution is 2.18. The molecular formula is C19H14N4O. The van der Waals surface area contributed by atoms with Gasteiger partial charge in [-0.25, -0.2) is 0 Å². The molecule has 0 aliphatic carbocycles. The van der Waals surface area contributed by atoms with Gasteiger partial charge >= 0.3 is 0 Å². The third-order valence-corrected chi connectivity index (χ3v) is 4.24. The van der Waals surface area contributed by atoms with Crippen LogP contribution in [0.1, 0.15) is 16.7 Å². The van der Waals surface area contributed by atoms with Crippen molar-refractivity contribution >= 4 is 21.9 Å². The van der Waals surface area contributed by atoms with Gasteiger partial charge in [0.2, 0.25) is 5.43 Å². The van der Waals surface area contributed by atoms with Gasteiger partial charge in [-0.2, -0.15) is 10.4 Å². The first-order valence-corrected chi connectivity index (χ1v) is 7.61. The molecule has 0 aliphatic rings. The normalized spacial score (nSPS) is 11.0. The molecule has 2 aromatic carbocycles. The van der Waals surface area contributed by atoms with Gasteiger partial charge in [0.05, 0.1) is 23.3 Å². The Morgan fingerprint density at radius 1 is 1.12 bits per heavy atom. The summed E-state index contributed by atoms with van der Waals surface area (Å²) in [6, 6.07) is 15.5. The topological polar surface area (TPSA) is 74.5 Å². The Morgan fingerprint density at radius 3 is 2.62 bits per heavy atom. The third kappa shape index (κ3) is 2.25. The maximum atomic E-state index is 12.7. The number of aromatic nitrogens is 3. The number of nitriles is 1. The largest absolute Gasteiger partial charge is 0.352 e. The van der Waals surface area contributed by atoms with Crippen molar-refractivity contribution in [2.75, 3.05) is 0 Å². The van der Waals surface area contributed by atoms with Crippen LogP contribution >= 0.6 is 0 Å². The van der Waals surface area contributed by atoms with E-state index in [9.17, 15) is 4.79 Å². The highest BCUT2D eigenvalue weighted by Gasteiger charge is 2.10. The van der Waals surface area contributed by atoms with Gasteiger partial charge in [-0.05, 0) is 41.8 Å². The molecule has 24 heavy (non-hydrogen) atoms. The number of H-pyrrole nitrogens is 1. The van der Waals surface area contributed by atoms with E-state index in [1.807, 2.05) is 42.5 Å². The van der Waals surface area contributed by atoms with E-state index in [0.717, 1.165) is 22.2 Å². The van der Waals surface area contributed by atoms with Crippen molar-refractivity contribution in [3.8, 4) is 6.07 Å². The van der Waals surface area contributed by atoms with Gasteiger partial charge in [0.25, 0.3) is 0 Å². The Hall–Kier alpha value is -3.39. The molecule has 0 spiro atoms. The number of aromatic amines is 1. The summed E-state index contributed by atoms with van der Waals surface area (Å²) in [5.74, 6) is 0. The molecule has 5 heteroatoms. The fraction of sp³-hybridized carbons (Fsp3) is 0.105. The molecule has 4 rings (SSSR count). The van der Waals surface area contributed by atoms with Gasteiger partial charge < -0.3 is 4.98 Å². The second-order valence-corrected chi connectivity index (χ2v) is 5.85. The van der Waals surface area contributed by atoms with Crippen LogP contribution in [0.5, 0.6) is 0 Å². The Balaban J connectivity index is 1.81. The molecule has 0 radical (unpaired) electrons. The van der Waals surface area contributed by atoms with Gasteiger partial charge in [0.1, 0.15) is 5.52 Å². The highest BCUT2D eigenvalue weighted by molar-refractivity contribution is 5.90. The van der Waals surface area contributed by atoms with E-state index in [1.54, 1.807) is 17.9 Å². The number of rotatable bonds is 2. The average molecular weight is 314 g/mol. The number of fused-ring (bicyclic) bond motifs is 2. The molecule has 2 heterocycles. The number of nitrogens with one attached hydrogen (secondary N) is 1. The third-order valence-electron chi connectivity index (χ3n) is 4.24. The van der Waals surface area contributed by atoms with Crippen LogP contribution < -0.4 is 5.43 Å². The summed E-state index contributed by atoms with van der Waals surface area (Å²) in [6.07, 6.45) is 2.38. The molecule has 0 amide bonds. The van der Waals surface area contributed by atoms with Crippen molar-refractivity contribution in [2.24, 2.45) is 7.05 Å². The van der Waals surface area contributed by atoms with E-state index >= 15 is 0 Å². The van der Waals surface area contributed by atoms with Crippen LogP contribution in [0.15, 0.2) is 53.5 Å². The standard InChI is InChI=1S/C19H14N4O/c1-23-18-17(11-21-23)22-16-7-6-14(9-15(16)19(18)24)8-12-2-4-13(10-20)5-3-12/h2-7,9,11H,8H2,1H3,(H,22,24). The Kier molecular flexibility index (Phi) is 3.17. The number of aryl methyl sites for hydroxylation is 1. The second-order valence-electron chi connectivity index (χ2n) is 5.85. The van der Waals surface area contributed by atoms with Crippen LogP contribution in [0.4, 0.5) is 0 Å². The maximum absolute atomic E-state index is 12.7. The van der Waals surface area contributed by atoms with Crippen molar-refractivity contribution in [3.05, 3.63) is 75.6 Å². The van der Waals surface area contributed by atoms with Crippen molar-refractivity contribution < 1.29 is 0 Å². The first-order chi connectivity index (χ1) is 11.7. The SMILES string of the molecule is Cn1ncc2[nH]c3ccc(Cc4ccc(C#N)cc4)cc3c(=O)c21. The molecule has 0 bridgehead atoms. The van der Waals surface area contributed by atoms with E-state index in [0.29, 0.717) is 22.9 Å². The minimum Gasteiger partial charge on any atom is -0.352 e. The summed E-state index contributed by atoms with van der Waals surface area (Å²) < 4.78 is 1.60. The van der Waals surface area contributed by atoms with Crippen LogP contribution in [0.3, 0.4) is 0 Å². The van der Waals surface area contributed by atoms with Gasteiger partial charge in [0, 0.05) is 18.0 Å². The first-order valence-electron chi connectivity index (χ1n) is 7.61. The van der Waals surface area contributed by atoms with Crippen LogP contribution in [0.25, 0.3) is 21.9 Å². The van der Waals surface area contributed by atoms with Crippen molar-refractivity contribution in [1.82, 2.24) is 14.8 Å². The predicted molar refractivity (Wildman–Crippen MR) is 92.8 cm³/mol. The number of nitrogens with zero attached hydrogens (tertiary/aromatic N) is 3. The summed E-state index contributed by atoms with van der Waals surface area (Å²) in [5, 5.41) is 13.7. The van der Waals surface area contributed by atoms with Gasteiger partial charge in [-0.15, -0.1) is 0 Å². The van der Waals surface area contributed by atoms with Crippen molar-refractivity contribution in [1.29, 1.82) is 5.26 Å². The lowest BCUT2D eigenvalue weighted by atomic mass is 10.0. The summed E-state index contributed by atoms with van der Waals surface area (Å²) in [7, 11) is 1.77. The Bertz CT molecular complexity index is 1160. The molecule has 5 nitrogen and oxygen atoms in total. The molecule has 0 fully saturated rings. The van der Waals surface area contributed by atoms with Gasteiger partial charge in [0.15, 0.2) is 0 Å². The molecule has 0 unspecified atom stereocenters. The van der Waals surface area contributed by atoms with E-state index in [-0.39, 0.29) is 5.43 Å². The predicted octanol–water partition coefficient (Wildman–Crippen LogP) is 2.88. The van der Waals surface area contributed by atoms with Gasteiger partial charge in [-0.1, -0.05) is 18.2 Å². The summed E-state index contributed by atoms with van der Waals surface area (Å²) >= 11 is 0. The second kappa shape index (κ2) is 5.36. The summed E-state index contributed by atoms with van der Waals surface area (Å²) in [5.41, 5.74) is 4.93. The maximum Gasteiger partial charge on any atom is 0.215 e. The molecular weight excluding hydrogens is 300 g/mol. The molecule has 0 aliphatic heterocycles. The lowest BCUT2D eigenvalue weighted by Gasteiger charge is -2.05. The van der Waals surface area contributed by atoms with Crippen LogP contribution in [0, 0.1) is 11.3 Å². The van der Waals surface area contributed by atoms with Crippen molar-refractivity contribution in [2.45, 2.75) is 6.42 Å². The zero-order chi connectivity index (χ0) is 16.7. The average Bonchev–Trinajstić information content (AvgIpc) is 2.97. The number of pyridine rings is 1. The zero-order valence-corrected chi connectivity index (χ0v) is 13.1. The van der Waals surface area contributed by atoms with Crippen LogP contribution in [-0.4, -0.2) is 14.8 Å². The number of hydrogen-bond donors (Lipinski definition) is 1. The zero-order valence-electron chi connectivity index (χ0n) is 13.1. The molecule has 116 valence electrons. The quantitative estimate of drug-likeness (QED) is 0.618. The minimum absolute atomic E-state index is 0.0135. The molecule has 4 aromatic rings. The minimum atomic E-state index is -0.0135. The van der Waals surface area contributed by atoms with Crippen LogP contribution in [0.2, 0.25) is 0 Å². The first kappa shape index (κ1) is 14.2. The Labute approximate surface area is 137 Å². The monoisotopic (exact) mass is 314 g/mol. The lowest BCUT2D eigenvalue weighted by Crippen LogP contribution is -2.08. The van der Waals surface area contributed by atoms with E-state index < -0.39 is 0 Å². The van der Waals surface area contributed by atoms with E-state index in [4.69, 9.17) is 5.26 Å². The summed E-state index contributed by atoms with van der Waals surface area (Å²) in [6.45, 7) is 0. The highest BCUT2D eigenvalue weighted by atomic mass is 16.1. The summed E-state index contributed by atoms with van der Waals surface area (Å²) in [4.78, 5) is 16.0. The Morgan fingerprint density at radius 2 is 1.88 bits per heavy atom. The fourth-order valence-electron chi connectivity index (χ4n) is 3.00. The van der Waals surface area contributed by atoms with Crippen molar-refractivity contribution in [3.63, 3.8) is 0 Å². The molecule has 0 atom stereocenters. The number of hydrogen-bond acceptors (Lipinski definition) is 3.